The first-order valence-electron chi connectivity index (χ1n) is 6.39. The van der Waals surface area contributed by atoms with Crippen LogP contribution < -0.4 is 8.85 Å². The molecule has 0 saturated heterocycles. The fourth-order valence-corrected chi connectivity index (χ4v) is 3.07. The average Bonchev–Trinajstić information content (AvgIpc) is 2.41. The van der Waals surface area contributed by atoms with Crippen LogP contribution in [0.1, 0.15) is 11.1 Å². The number of rotatable bonds is 4. The number of hydrogen-bond acceptors (Lipinski definition) is 2. The molecule has 0 aliphatic rings. The number of benzene rings is 2. The first-order valence-corrected chi connectivity index (χ1v) is 7.91. The van der Waals surface area contributed by atoms with Crippen molar-refractivity contribution in [3.63, 3.8) is 0 Å². The van der Waals surface area contributed by atoms with Crippen molar-refractivity contribution in [2.24, 2.45) is 0 Å². The topological polar surface area (TPSA) is 18.5 Å². The summed E-state index contributed by atoms with van der Waals surface area (Å²) in [6.45, 7) is 3.40. The maximum absolute atomic E-state index is 13.2. The molecule has 0 fully saturated rings. The van der Waals surface area contributed by atoms with E-state index in [4.69, 9.17) is 8.85 Å². The number of hydrogen-bond donors (Lipinski definition) is 0. The van der Waals surface area contributed by atoms with Crippen LogP contribution in [0.2, 0.25) is 0 Å². The average molecular weight is 312 g/mol. The van der Waals surface area contributed by atoms with Crippen LogP contribution in [0.25, 0.3) is 0 Å². The van der Waals surface area contributed by atoms with Crippen molar-refractivity contribution in [1.82, 2.24) is 0 Å². The maximum Gasteiger partial charge on any atom is 0.560 e. The molecule has 2 aromatic carbocycles. The Labute approximate surface area is 123 Å². The molecule has 6 heteroatoms. The second kappa shape index (κ2) is 6.22. The minimum absolute atomic E-state index is 0.208. The molecule has 0 radical (unpaired) electrons. The zero-order valence-corrected chi connectivity index (χ0v) is 12.8. The second-order valence-corrected chi connectivity index (χ2v) is 6.43. The van der Waals surface area contributed by atoms with Gasteiger partial charge >= 0.3 is 15.1 Å². The molecule has 0 unspecified atom stereocenters. The van der Waals surface area contributed by atoms with Crippen LogP contribution >= 0.6 is 0 Å². The van der Waals surface area contributed by atoms with Gasteiger partial charge in [0.2, 0.25) is 0 Å². The fraction of sp³-hybridized carbons (Fsp3) is 0.200. The van der Waals surface area contributed by atoms with Crippen molar-refractivity contribution in [1.29, 1.82) is 0 Å². The largest absolute Gasteiger partial charge is 0.560 e. The van der Waals surface area contributed by atoms with Crippen LogP contribution in [0.5, 0.6) is 11.5 Å². The molecule has 0 aliphatic carbocycles. The van der Waals surface area contributed by atoms with Crippen LogP contribution in [-0.2, 0) is 0 Å². The number of aryl methyl sites for hydroxylation is 2. The van der Waals surface area contributed by atoms with E-state index in [0.717, 1.165) is 0 Å². The Morgan fingerprint density at radius 2 is 1.14 bits per heavy atom. The highest BCUT2D eigenvalue weighted by Gasteiger charge is 2.49. The fourth-order valence-electron chi connectivity index (χ4n) is 1.77. The van der Waals surface area contributed by atoms with Crippen molar-refractivity contribution in [2.75, 3.05) is 0 Å². The van der Waals surface area contributed by atoms with Crippen molar-refractivity contribution < 1.29 is 22.0 Å². The van der Waals surface area contributed by atoms with Gasteiger partial charge in [-0.15, -0.1) is 0 Å². The summed E-state index contributed by atoms with van der Waals surface area (Å²) in [7, 11) is -3.93. The lowest BCUT2D eigenvalue weighted by molar-refractivity contribution is -0.0723. The number of halogens is 3. The highest BCUT2D eigenvalue weighted by molar-refractivity contribution is 6.48. The Balaban J connectivity index is 2.24. The summed E-state index contributed by atoms with van der Waals surface area (Å²) >= 11 is 0. The van der Waals surface area contributed by atoms with E-state index in [1.54, 1.807) is 50.2 Å². The van der Waals surface area contributed by atoms with Gasteiger partial charge in [-0.3, -0.25) is 0 Å². The van der Waals surface area contributed by atoms with Gasteiger partial charge in [0.25, 0.3) is 0 Å². The Bertz CT molecular complexity index is 566. The minimum Gasteiger partial charge on any atom is -0.509 e. The Kier molecular flexibility index (Phi) is 4.57. The van der Waals surface area contributed by atoms with E-state index in [1.807, 2.05) is 0 Å². The summed E-state index contributed by atoms with van der Waals surface area (Å²) in [6.07, 6.45) is 0. The summed E-state index contributed by atoms with van der Waals surface area (Å²) < 4.78 is 49.8. The van der Waals surface area contributed by atoms with Crippen molar-refractivity contribution in [3.8, 4) is 11.5 Å². The summed E-state index contributed by atoms with van der Waals surface area (Å²) in [5.74, 6) is -4.08. The zero-order chi connectivity index (χ0) is 15.5. The summed E-state index contributed by atoms with van der Waals surface area (Å²) in [4.78, 5) is 0. The van der Waals surface area contributed by atoms with E-state index in [9.17, 15) is 13.2 Å². The molecule has 112 valence electrons. The molecule has 2 rings (SSSR count). The van der Waals surface area contributed by atoms with Gasteiger partial charge in [0, 0.05) is 0 Å². The molecule has 2 nitrogen and oxygen atoms in total. The van der Waals surface area contributed by atoms with E-state index < -0.39 is 15.1 Å². The van der Waals surface area contributed by atoms with Crippen molar-refractivity contribution >= 4 is 9.28 Å². The molecule has 0 heterocycles. The highest BCUT2D eigenvalue weighted by atomic mass is 28.3. The third-order valence-corrected chi connectivity index (χ3v) is 4.39. The minimum atomic E-state index is -4.50. The molecule has 21 heavy (non-hydrogen) atoms. The molecule has 0 saturated carbocycles. The van der Waals surface area contributed by atoms with E-state index in [1.165, 1.54) is 12.1 Å². The maximum atomic E-state index is 13.2. The number of para-hydroxylation sites is 2. The molecule has 0 bridgehead atoms. The van der Waals surface area contributed by atoms with Gasteiger partial charge in [0.1, 0.15) is 11.5 Å². The Morgan fingerprint density at radius 3 is 1.48 bits per heavy atom. The Hall–Kier alpha value is -1.95. The standard InChI is InChI=1S/C15H15F3O2Si/c1-11-7-3-5-9-13(11)19-21(15(16,17)18)20-14-10-6-4-8-12(14)2/h3-10,21H,1-2H3. The van der Waals surface area contributed by atoms with Gasteiger partial charge in [-0.25, -0.2) is 0 Å². The van der Waals surface area contributed by atoms with Crippen LogP contribution in [0.15, 0.2) is 48.5 Å². The van der Waals surface area contributed by atoms with Crippen LogP contribution in [0, 0.1) is 13.8 Å². The van der Waals surface area contributed by atoms with Crippen molar-refractivity contribution in [2.45, 2.75) is 19.6 Å². The quantitative estimate of drug-likeness (QED) is 0.792. The van der Waals surface area contributed by atoms with Gasteiger partial charge in [0.05, 0.1) is 0 Å². The predicted molar refractivity (Wildman–Crippen MR) is 76.8 cm³/mol. The lowest BCUT2D eigenvalue weighted by Gasteiger charge is -2.22. The Morgan fingerprint density at radius 1 is 0.762 bits per heavy atom. The molecule has 0 N–H and O–H groups in total. The van der Waals surface area contributed by atoms with E-state index in [0.29, 0.717) is 11.1 Å². The third-order valence-electron chi connectivity index (χ3n) is 2.92. The van der Waals surface area contributed by atoms with E-state index >= 15 is 0 Å². The van der Waals surface area contributed by atoms with E-state index in [2.05, 4.69) is 0 Å². The monoisotopic (exact) mass is 312 g/mol. The van der Waals surface area contributed by atoms with Gasteiger partial charge in [-0.1, -0.05) is 36.4 Å². The summed E-state index contributed by atoms with van der Waals surface area (Å²) in [6, 6.07) is 13.2. The highest BCUT2D eigenvalue weighted by Crippen LogP contribution is 2.28. The molecule has 2 aromatic rings. The third kappa shape index (κ3) is 4.01. The first kappa shape index (κ1) is 15.4. The van der Waals surface area contributed by atoms with Gasteiger partial charge in [-0.2, -0.15) is 13.2 Å². The molecule has 0 atom stereocenters. The lowest BCUT2D eigenvalue weighted by atomic mass is 10.2. The molecule has 0 spiro atoms. The molecular weight excluding hydrogens is 297 g/mol. The van der Waals surface area contributed by atoms with Crippen LogP contribution in [-0.4, -0.2) is 15.1 Å². The second-order valence-electron chi connectivity index (χ2n) is 4.64. The normalized spacial score (nSPS) is 11.5. The summed E-state index contributed by atoms with van der Waals surface area (Å²) in [5.41, 5.74) is 1.29. The molecule has 0 aliphatic heterocycles. The van der Waals surface area contributed by atoms with Gasteiger partial charge in [-0.05, 0) is 37.1 Å². The zero-order valence-electron chi connectivity index (χ0n) is 11.6. The SMILES string of the molecule is Cc1ccccc1O[SiH](Oc1ccccc1C)C(F)(F)F. The van der Waals surface area contributed by atoms with Crippen LogP contribution in [0.4, 0.5) is 13.2 Å². The van der Waals surface area contributed by atoms with Gasteiger partial charge in [0.15, 0.2) is 0 Å². The summed E-state index contributed by atoms with van der Waals surface area (Å²) in [5, 5.41) is 0. The van der Waals surface area contributed by atoms with Gasteiger partial charge < -0.3 is 8.85 Å². The smallest absolute Gasteiger partial charge is 0.509 e. The molecular formula is C15H15F3O2Si. The molecule has 0 aromatic heterocycles. The van der Waals surface area contributed by atoms with Crippen LogP contribution in [0.3, 0.4) is 0 Å². The first-order chi connectivity index (χ1) is 9.88. The number of alkyl halides is 3. The predicted octanol–water partition coefficient (Wildman–Crippen LogP) is 4.08. The van der Waals surface area contributed by atoms with E-state index in [-0.39, 0.29) is 11.5 Å². The van der Waals surface area contributed by atoms with Crippen molar-refractivity contribution in [3.05, 3.63) is 59.7 Å². The lowest BCUT2D eigenvalue weighted by Crippen LogP contribution is -2.45. The molecule has 0 amide bonds.